The highest BCUT2D eigenvalue weighted by molar-refractivity contribution is 5.36. The third-order valence-electron chi connectivity index (χ3n) is 4.42. The minimum Gasteiger partial charge on any atom is -0.304 e. The van der Waals surface area contributed by atoms with Crippen LogP contribution < -0.4 is 5.32 Å². The molecule has 1 heteroatoms. The summed E-state index contributed by atoms with van der Waals surface area (Å²) in [5.41, 5.74) is 5.87. The molecule has 1 N–H and O–H groups in total. The molecule has 0 saturated carbocycles. The Bertz CT molecular complexity index is 574. The van der Waals surface area contributed by atoms with Gasteiger partial charge in [-0.2, -0.15) is 0 Å². The SMILES string of the molecule is CC(NC(C)c1ccc2c(c1)CCC2)c1ccccc1. The van der Waals surface area contributed by atoms with Crippen molar-refractivity contribution in [1.82, 2.24) is 5.32 Å². The number of benzene rings is 2. The van der Waals surface area contributed by atoms with Crippen LogP contribution in [-0.4, -0.2) is 0 Å². The topological polar surface area (TPSA) is 12.0 Å². The largest absolute Gasteiger partial charge is 0.304 e. The highest BCUT2D eigenvalue weighted by Crippen LogP contribution is 2.26. The lowest BCUT2D eigenvalue weighted by atomic mass is 10.0. The van der Waals surface area contributed by atoms with E-state index in [2.05, 4.69) is 67.7 Å². The zero-order valence-electron chi connectivity index (χ0n) is 12.4. The van der Waals surface area contributed by atoms with Gasteiger partial charge in [-0.1, -0.05) is 48.5 Å². The molecule has 104 valence electrons. The molecule has 2 atom stereocenters. The second-order valence-electron chi connectivity index (χ2n) is 5.90. The van der Waals surface area contributed by atoms with Gasteiger partial charge in [-0.05, 0) is 55.4 Å². The Hall–Kier alpha value is -1.60. The van der Waals surface area contributed by atoms with Gasteiger partial charge < -0.3 is 5.32 Å². The molecule has 2 aromatic carbocycles. The molecule has 2 unspecified atom stereocenters. The lowest BCUT2D eigenvalue weighted by Crippen LogP contribution is -2.22. The minimum atomic E-state index is 0.374. The summed E-state index contributed by atoms with van der Waals surface area (Å²) in [5.74, 6) is 0. The van der Waals surface area contributed by atoms with Gasteiger partial charge in [-0.15, -0.1) is 0 Å². The van der Waals surface area contributed by atoms with Crippen LogP contribution in [0.5, 0.6) is 0 Å². The van der Waals surface area contributed by atoms with Crippen LogP contribution in [0.25, 0.3) is 0 Å². The number of aryl methyl sites for hydroxylation is 2. The summed E-state index contributed by atoms with van der Waals surface area (Å²) in [6.45, 7) is 4.50. The Balaban J connectivity index is 1.71. The van der Waals surface area contributed by atoms with Gasteiger partial charge in [0.15, 0.2) is 0 Å². The second kappa shape index (κ2) is 5.80. The Morgan fingerprint density at radius 2 is 1.50 bits per heavy atom. The van der Waals surface area contributed by atoms with Crippen LogP contribution in [0.4, 0.5) is 0 Å². The fraction of sp³-hybridized carbons (Fsp3) is 0.368. The van der Waals surface area contributed by atoms with Gasteiger partial charge in [0, 0.05) is 12.1 Å². The quantitative estimate of drug-likeness (QED) is 0.852. The molecule has 3 rings (SSSR count). The number of fused-ring (bicyclic) bond motifs is 1. The number of nitrogens with one attached hydrogen (secondary N) is 1. The molecule has 0 radical (unpaired) electrons. The first-order valence-electron chi connectivity index (χ1n) is 7.67. The summed E-state index contributed by atoms with van der Waals surface area (Å²) in [5, 5.41) is 3.70. The molecule has 0 aromatic heterocycles. The van der Waals surface area contributed by atoms with Gasteiger partial charge in [-0.25, -0.2) is 0 Å². The van der Waals surface area contributed by atoms with E-state index in [0.717, 1.165) is 0 Å². The molecule has 0 amide bonds. The fourth-order valence-corrected chi connectivity index (χ4v) is 3.17. The average Bonchev–Trinajstić information content (AvgIpc) is 2.95. The number of rotatable bonds is 4. The molecular formula is C19H23N. The highest BCUT2D eigenvalue weighted by atomic mass is 14.9. The molecule has 1 aliphatic carbocycles. The molecule has 20 heavy (non-hydrogen) atoms. The van der Waals surface area contributed by atoms with E-state index in [1.54, 1.807) is 11.1 Å². The Labute approximate surface area is 122 Å². The van der Waals surface area contributed by atoms with Crippen molar-refractivity contribution in [2.45, 2.75) is 45.2 Å². The summed E-state index contributed by atoms with van der Waals surface area (Å²) >= 11 is 0. The molecule has 0 saturated heterocycles. The summed E-state index contributed by atoms with van der Waals surface area (Å²) in [6.07, 6.45) is 3.84. The zero-order valence-corrected chi connectivity index (χ0v) is 12.4. The predicted octanol–water partition coefficient (Wildman–Crippen LogP) is 4.59. The molecule has 0 bridgehead atoms. The van der Waals surface area contributed by atoms with E-state index in [9.17, 15) is 0 Å². The molecular weight excluding hydrogens is 242 g/mol. The fourth-order valence-electron chi connectivity index (χ4n) is 3.17. The normalized spacial score (nSPS) is 16.7. The molecule has 2 aromatic rings. The van der Waals surface area contributed by atoms with Crippen molar-refractivity contribution >= 4 is 0 Å². The first kappa shape index (κ1) is 13.4. The van der Waals surface area contributed by atoms with E-state index in [4.69, 9.17) is 0 Å². The highest BCUT2D eigenvalue weighted by Gasteiger charge is 2.15. The van der Waals surface area contributed by atoms with Crippen LogP contribution in [0.2, 0.25) is 0 Å². The molecule has 0 heterocycles. The summed E-state index contributed by atoms with van der Waals surface area (Å²) in [4.78, 5) is 0. The van der Waals surface area contributed by atoms with Gasteiger partial charge in [0.25, 0.3) is 0 Å². The molecule has 0 fully saturated rings. The van der Waals surface area contributed by atoms with Crippen molar-refractivity contribution in [2.75, 3.05) is 0 Å². The average molecular weight is 265 g/mol. The predicted molar refractivity (Wildman–Crippen MR) is 84.9 cm³/mol. The maximum absolute atomic E-state index is 3.70. The van der Waals surface area contributed by atoms with E-state index in [0.29, 0.717) is 12.1 Å². The maximum Gasteiger partial charge on any atom is 0.0297 e. The first-order valence-corrected chi connectivity index (χ1v) is 7.67. The lowest BCUT2D eigenvalue weighted by Gasteiger charge is -2.21. The van der Waals surface area contributed by atoms with Crippen molar-refractivity contribution in [3.63, 3.8) is 0 Å². The first-order chi connectivity index (χ1) is 9.74. The van der Waals surface area contributed by atoms with E-state index < -0.39 is 0 Å². The van der Waals surface area contributed by atoms with Crippen molar-refractivity contribution in [2.24, 2.45) is 0 Å². The monoisotopic (exact) mass is 265 g/mol. The third kappa shape index (κ3) is 2.78. The Kier molecular flexibility index (Phi) is 3.88. The van der Waals surface area contributed by atoms with Crippen molar-refractivity contribution < 1.29 is 0 Å². The van der Waals surface area contributed by atoms with Crippen LogP contribution in [0.1, 0.15) is 54.6 Å². The second-order valence-corrected chi connectivity index (χ2v) is 5.90. The smallest absolute Gasteiger partial charge is 0.0297 e. The van der Waals surface area contributed by atoms with E-state index >= 15 is 0 Å². The van der Waals surface area contributed by atoms with E-state index in [-0.39, 0.29) is 0 Å². The summed E-state index contributed by atoms with van der Waals surface area (Å²) in [7, 11) is 0. The summed E-state index contributed by atoms with van der Waals surface area (Å²) < 4.78 is 0. The standard InChI is InChI=1S/C19H23N/c1-14(16-7-4-3-5-8-16)20-15(2)18-12-11-17-9-6-10-19(17)13-18/h3-5,7-8,11-15,20H,6,9-10H2,1-2H3. The molecule has 0 aliphatic heterocycles. The zero-order chi connectivity index (χ0) is 13.9. The van der Waals surface area contributed by atoms with Crippen LogP contribution >= 0.6 is 0 Å². The minimum absolute atomic E-state index is 0.374. The lowest BCUT2D eigenvalue weighted by molar-refractivity contribution is 0.494. The van der Waals surface area contributed by atoms with Gasteiger partial charge in [0.05, 0.1) is 0 Å². The van der Waals surface area contributed by atoms with Crippen molar-refractivity contribution in [1.29, 1.82) is 0 Å². The van der Waals surface area contributed by atoms with Gasteiger partial charge in [0.1, 0.15) is 0 Å². The number of hydrogen-bond acceptors (Lipinski definition) is 1. The summed E-state index contributed by atoms with van der Waals surface area (Å²) in [6, 6.07) is 18.4. The van der Waals surface area contributed by atoms with Crippen molar-refractivity contribution in [3.8, 4) is 0 Å². The van der Waals surface area contributed by atoms with Gasteiger partial charge >= 0.3 is 0 Å². The molecule has 0 spiro atoms. The molecule has 1 aliphatic rings. The van der Waals surface area contributed by atoms with Gasteiger partial charge in [0.2, 0.25) is 0 Å². The van der Waals surface area contributed by atoms with Crippen LogP contribution in [0, 0.1) is 0 Å². The Morgan fingerprint density at radius 3 is 2.30 bits per heavy atom. The third-order valence-corrected chi connectivity index (χ3v) is 4.42. The van der Waals surface area contributed by atoms with Gasteiger partial charge in [-0.3, -0.25) is 0 Å². The van der Waals surface area contributed by atoms with Crippen molar-refractivity contribution in [3.05, 3.63) is 70.8 Å². The van der Waals surface area contributed by atoms with E-state index in [1.165, 1.54) is 30.4 Å². The van der Waals surface area contributed by atoms with Crippen LogP contribution in [0.3, 0.4) is 0 Å². The molecule has 1 nitrogen and oxygen atoms in total. The van der Waals surface area contributed by atoms with Crippen LogP contribution in [-0.2, 0) is 12.8 Å². The number of hydrogen-bond donors (Lipinski definition) is 1. The Morgan fingerprint density at radius 1 is 0.800 bits per heavy atom. The maximum atomic E-state index is 3.70. The van der Waals surface area contributed by atoms with Crippen LogP contribution in [0.15, 0.2) is 48.5 Å². The van der Waals surface area contributed by atoms with E-state index in [1.807, 2.05) is 0 Å².